The zero-order valence-corrected chi connectivity index (χ0v) is 12.6. The molecule has 0 bridgehead atoms. The second-order valence-electron chi connectivity index (χ2n) is 4.60. The van der Waals surface area contributed by atoms with Gasteiger partial charge in [0.2, 0.25) is 0 Å². The van der Waals surface area contributed by atoms with Crippen molar-refractivity contribution in [2.24, 2.45) is 5.73 Å². The van der Waals surface area contributed by atoms with Crippen molar-refractivity contribution in [3.8, 4) is 0 Å². The van der Waals surface area contributed by atoms with Crippen molar-refractivity contribution >= 4 is 27.7 Å². The molecule has 3 unspecified atom stereocenters. The first-order chi connectivity index (χ1) is 8.11. The van der Waals surface area contributed by atoms with Crippen LogP contribution in [-0.2, 0) is 0 Å². The summed E-state index contributed by atoms with van der Waals surface area (Å²) in [5.74, 6) is 0.957. The molecular weight excluding hydrogens is 300 g/mol. The predicted molar refractivity (Wildman–Crippen MR) is 76.3 cm³/mol. The van der Waals surface area contributed by atoms with Crippen LogP contribution in [0.2, 0.25) is 0 Å². The van der Waals surface area contributed by atoms with Gasteiger partial charge in [0.1, 0.15) is 5.76 Å². The Morgan fingerprint density at radius 2 is 2.18 bits per heavy atom. The molecule has 0 saturated carbocycles. The lowest BCUT2D eigenvalue weighted by Crippen LogP contribution is -2.44. The van der Waals surface area contributed by atoms with Gasteiger partial charge in [0.05, 0.1) is 16.8 Å². The minimum absolute atomic E-state index is 0.185. The van der Waals surface area contributed by atoms with E-state index in [0.717, 1.165) is 23.3 Å². The van der Waals surface area contributed by atoms with Crippen LogP contribution < -0.4 is 5.73 Å². The molecule has 1 aromatic rings. The molecule has 2 heterocycles. The first-order valence-corrected chi connectivity index (χ1v) is 7.68. The van der Waals surface area contributed by atoms with Gasteiger partial charge >= 0.3 is 0 Å². The molecule has 5 heteroatoms. The number of hydrogen-bond donors (Lipinski definition) is 1. The molecule has 3 atom stereocenters. The van der Waals surface area contributed by atoms with Crippen molar-refractivity contribution in [2.75, 3.05) is 19.6 Å². The van der Waals surface area contributed by atoms with Crippen LogP contribution in [0.3, 0.4) is 0 Å². The molecule has 2 rings (SSSR count). The summed E-state index contributed by atoms with van der Waals surface area (Å²) in [6.07, 6.45) is 1.72. The minimum atomic E-state index is 0.185. The second kappa shape index (κ2) is 5.78. The Hall–Kier alpha value is 0.0300. The monoisotopic (exact) mass is 318 g/mol. The number of thioether (sulfide) groups is 1. The molecule has 1 saturated heterocycles. The summed E-state index contributed by atoms with van der Waals surface area (Å²) in [4.78, 5) is 2.44. The van der Waals surface area contributed by atoms with Gasteiger partial charge in [0.15, 0.2) is 0 Å². The van der Waals surface area contributed by atoms with E-state index in [-0.39, 0.29) is 6.04 Å². The van der Waals surface area contributed by atoms with E-state index in [1.54, 1.807) is 6.26 Å². The maximum absolute atomic E-state index is 5.93. The fraction of sp³-hybridized carbons (Fsp3) is 0.667. The van der Waals surface area contributed by atoms with E-state index in [2.05, 4.69) is 34.7 Å². The van der Waals surface area contributed by atoms with E-state index in [9.17, 15) is 0 Å². The Labute approximate surface area is 115 Å². The van der Waals surface area contributed by atoms with Crippen molar-refractivity contribution in [2.45, 2.75) is 30.4 Å². The van der Waals surface area contributed by atoms with Crippen LogP contribution in [0, 0.1) is 0 Å². The molecule has 1 aliphatic heterocycles. The number of nitrogens with two attached hydrogens (primary N) is 1. The van der Waals surface area contributed by atoms with Gasteiger partial charge in [-0.05, 0) is 22.0 Å². The predicted octanol–water partition coefficient (Wildman–Crippen LogP) is 2.87. The van der Waals surface area contributed by atoms with Gasteiger partial charge in [-0.3, -0.25) is 4.90 Å². The number of rotatable bonds is 3. The van der Waals surface area contributed by atoms with Gasteiger partial charge < -0.3 is 10.2 Å². The SMILES string of the molecule is CC1CN(C(CN)c2occc2Br)CC(C)S1. The maximum Gasteiger partial charge on any atom is 0.136 e. The maximum atomic E-state index is 5.93. The van der Waals surface area contributed by atoms with Crippen LogP contribution in [-0.4, -0.2) is 35.0 Å². The number of furan rings is 1. The number of nitrogens with zero attached hydrogens (tertiary/aromatic N) is 1. The summed E-state index contributed by atoms with van der Waals surface area (Å²) < 4.78 is 6.59. The molecule has 0 amide bonds. The lowest BCUT2D eigenvalue weighted by molar-refractivity contribution is 0.176. The normalized spacial score (nSPS) is 28.2. The molecule has 0 radical (unpaired) electrons. The summed E-state index contributed by atoms with van der Waals surface area (Å²) in [7, 11) is 0. The molecule has 1 fully saturated rings. The van der Waals surface area contributed by atoms with Gasteiger partial charge in [-0.1, -0.05) is 13.8 Å². The summed E-state index contributed by atoms with van der Waals surface area (Å²) >= 11 is 5.57. The van der Waals surface area contributed by atoms with Crippen LogP contribution in [0.25, 0.3) is 0 Å². The quantitative estimate of drug-likeness (QED) is 0.930. The average Bonchev–Trinajstić information content (AvgIpc) is 2.65. The summed E-state index contributed by atoms with van der Waals surface area (Å²) in [5, 5.41) is 1.31. The number of halogens is 1. The molecule has 1 aromatic heterocycles. The molecule has 2 N–H and O–H groups in total. The van der Waals surface area contributed by atoms with Gasteiger partial charge in [-0.25, -0.2) is 0 Å². The Morgan fingerprint density at radius 1 is 1.53 bits per heavy atom. The second-order valence-corrected chi connectivity index (χ2v) is 7.33. The summed E-state index contributed by atoms with van der Waals surface area (Å²) in [5.41, 5.74) is 5.93. The zero-order valence-electron chi connectivity index (χ0n) is 10.2. The van der Waals surface area contributed by atoms with E-state index in [1.807, 2.05) is 17.8 Å². The van der Waals surface area contributed by atoms with Gasteiger partial charge in [0.25, 0.3) is 0 Å². The molecule has 1 aliphatic rings. The smallest absolute Gasteiger partial charge is 0.136 e. The standard InChI is InChI=1S/C12H19BrN2OS/c1-8-6-15(7-9(2)17-8)11(5-14)12-10(13)3-4-16-12/h3-4,8-9,11H,5-7,14H2,1-2H3. The van der Waals surface area contributed by atoms with Gasteiger partial charge in [0, 0.05) is 30.1 Å². The molecule has 0 aromatic carbocycles. The van der Waals surface area contributed by atoms with E-state index >= 15 is 0 Å². The van der Waals surface area contributed by atoms with Crippen LogP contribution in [0.4, 0.5) is 0 Å². The van der Waals surface area contributed by atoms with E-state index in [0.29, 0.717) is 17.0 Å². The number of hydrogen-bond acceptors (Lipinski definition) is 4. The third kappa shape index (κ3) is 3.08. The van der Waals surface area contributed by atoms with Crippen molar-refractivity contribution < 1.29 is 4.42 Å². The Morgan fingerprint density at radius 3 is 2.65 bits per heavy atom. The van der Waals surface area contributed by atoms with Gasteiger partial charge in [-0.15, -0.1) is 0 Å². The molecule has 3 nitrogen and oxygen atoms in total. The molecule has 0 aliphatic carbocycles. The third-order valence-corrected chi connectivity index (χ3v) is 4.94. The van der Waals surface area contributed by atoms with E-state index in [1.165, 1.54) is 0 Å². The van der Waals surface area contributed by atoms with Crippen LogP contribution >= 0.6 is 27.7 Å². The fourth-order valence-corrected chi connectivity index (χ4v) is 4.25. The van der Waals surface area contributed by atoms with E-state index < -0.39 is 0 Å². The molecular formula is C12H19BrN2OS. The third-order valence-electron chi connectivity index (χ3n) is 3.06. The topological polar surface area (TPSA) is 42.4 Å². The van der Waals surface area contributed by atoms with Crippen molar-refractivity contribution in [1.29, 1.82) is 0 Å². The van der Waals surface area contributed by atoms with Crippen molar-refractivity contribution in [1.82, 2.24) is 4.90 Å². The van der Waals surface area contributed by atoms with Crippen LogP contribution in [0.1, 0.15) is 25.6 Å². The van der Waals surface area contributed by atoms with E-state index in [4.69, 9.17) is 10.2 Å². The highest BCUT2D eigenvalue weighted by Gasteiger charge is 2.30. The Bertz CT molecular complexity index is 361. The minimum Gasteiger partial charge on any atom is -0.466 e. The lowest BCUT2D eigenvalue weighted by atomic mass is 10.1. The lowest BCUT2D eigenvalue weighted by Gasteiger charge is -2.38. The van der Waals surface area contributed by atoms with Crippen LogP contribution in [0.15, 0.2) is 21.2 Å². The van der Waals surface area contributed by atoms with Crippen LogP contribution in [0.5, 0.6) is 0 Å². The Kier molecular flexibility index (Phi) is 4.58. The van der Waals surface area contributed by atoms with Crippen molar-refractivity contribution in [3.05, 3.63) is 22.6 Å². The molecule has 0 spiro atoms. The Balaban J connectivity index is 2.15. The summed E-state index contributed by atoms with van der Waals surface area (Å²) in [6, 6.07) is 2.12. The highest BCUT2D eigenvalue weighted by Crippen LogP contribution is 2.33. The fourth-order valence-electron chi connectivity index (χ4n) is 2.44. The molecule has 96 valence electrons. The highest BCUT2D eigenvalue weighted by molar-refractivity contribution is 9.10. The van der Waals surface area contributed by atoms with Crippen molar-refractivity contribution in [3.63, 3.8) is 0 Å². The zero-order chi connectivity index (χ0) is 12.4. The first-order valence-electron chi connectivity index (χ1n) is 5.94. The summed E-state index contributed by atoms with van der Waals surface area (Å²) in [6.45, 7) is 7.29. The highest BCUT2D eigenvalue weighted by atomic mass is 79.9. The largest absolute Gasteiger partial charge is 0.466 e. The molecule has 17 heavy (non-hydrogen) atoms. The average molecular weight is 319 g/mol. The first kappa shape index (κ1) is 13.5. The van der Waals surface area contributed by atoms with Gasteiger partial charge in [-0.2, -0.15) is 11.8 Å².